The van der Waals surface area contributed by atoms with Gasteiger partial charge in [0.05, 0.1) is 9.79 Å². The maximum atomic E-state index is 11.3. The van der Waals surface area contributed by atoms with Crippen molar-refractivity contribution in [2.24, 2.45) is 0 Å². The minimum Gasteiger partial charge on any atom is -1.00 e. The van der Waals surface area contributed by atoms with Gasteiger partial charge in [-0.25, -0.2) is 0 Å². The smallest absolute Gasteiger partial charge is 1.00 e. The van der Waals surface area contributed by atoms with E-state index in [2.05, 4.69) is 0 Å². The maximum Gasteiger partial charge on any atom is 1.00 e. The first-order valence-corrected chi connectivity index (χ1v) is 11.9. The number of hydrogen-bond acceptors (Lipinski definition) is 4. The first-order chi connectivity index (χ1) is 12.7. The van der Waals surface area contributed by atoms with Gasteiger partial charge in [0.1, 0.15) is 0 Å². The van der Waals surface area contributed by atoms with Gasteiger partial charge in [0.25, 0.3) is 20.2 Å². The molecule has 6 N–H and O–H groups in total. The van der Waals surface area contributed by atoms with Crippen molar-refractivity contribution in [1.82, 2.24) is 0 Å². The summed E-state index contributed by atoms with van der Waals surface area (Å²) in [5.41, 5.74) is 0. The summed E-state index contributed by atoms with van der Waals surface area (Å²) in [6.07, 6.45) is 0. The van der Waals surface area contributed by atoms with E-state index in [0.29, 0.717) is 0 Å². The molecule has 0 aliphatic heterocycles. The molecule has 0 aromatic heterocycles. The molecule has 0 saturated heterocycles. The molecular formula is C18H20KO8PS2. The molecule has 0 fully saturated rings. The minimum absolute atomic E-state index is 0. The zero-order chi connectivity index (χ0) is 19.7. The Morgan fingerprint density at radius 2 is 0.867 bits per heavy atom. The molecule has 158 valence electrons. The van der Waals surface area contributed by atoms with Gasteiger partial charge >= 0.3 is 51.4 Å². The fourth-order valence-corrected chi connectivity index (χ4v) is 5.78. The van der Waals surface area contributed by atoms with Crippen molar-refractivity contribution in [1.29, 1.82) is 0 Å². The molecule has 8 nitrogen and oxygen atoms in total. The van der Waals surface area contributed by atoms with E-state index in [9.17, 15) is 16.8 Å². The molecule has 3 aromatic rings. The third-order valence-electron chi connectivity index (χ3n) is 3.80. The SMILES string of the molecule is O.O.O=S(=O)(O)c1ccc(P(c2ccccc2)c2ccc(S(=O)(=O)O)cc2)cc1.[H-].[K+]. The van der Waals surface area contributed by atoms with E-state index < -0.39 is 28.2 Å². The molecule has 3 rings (SSSR count). The molecule has 0 atom stereocenters. The van der Waals surface area contributed by atoms with Crippen molar-refractivity contribution in [3.8, 4) is 0 Å². The van der Waals surface area contributed by atoms with Gasteiger partial charge in [-0.05, 0) is 48.1 Å². The van der Waals surface area contributed by atoms with Gasteiger partial charge in [0.2, 0.25) is 0 Å². The summed E-state index contributed by atoms with van der Waals surface area (Å²) in [6, 6.07) is 21.3. The normalized spacial score (nSPS) is 11.0. The van der Waals surface area contributed by atoms with E-state index in [1.807, 2.05) is 30.3 Å². The Labute approximate surface area is 220 Å². The Hall–Kier alpha value is -0.534. The average Bonchev–Trinajstić information content (AvgIpc) is 2.62. The molecule has 0 amide bonds. The van der Waals surface area contributed by atoms with Crippen LogP contribution in [0.5, 0.6) is 0 Å². The van der Waals surface area contributed by atoms with Crippen LogP contribution in [-0.2, 0) is 20.2 Å². The van der Waals surface area contributed by atoms with Crippen LogP contribution in [0, 0.1) is 0 Å². The van der Waals surface area contributed by atoms with E-state index in [0.717, 1.165) is 15.9 Å². The van der Waals surface area contributed by atoms with Gasteiger partial charge < -0.3 is 12.4 Å². The Balaban J connectivity index is 0. The molecule has 30 heavy (non-hydrogen) atoms. The number of hydrogen-bond donors (Lipinski definition) is 2. The molecule has 0 aliphatic carbocycles. The standard InChI is InChI=1S/C18H15O6PS2.K.2H2O.H/c19-26(20,21)17-10-6-15(7-11-17)25(14-4-2-1-3-5-14)16-8-12-18(13-9-16)27(22,23)24;;;;/h1-13H,(H,19,20,21)(H,22,23,24);;2*1H2;/q;+1;;;-1. The fraction of sp³-hybridized carbons (Fsp3) is 0. The van der Waals surface area contributed by atoms with Crippen molar-refractivity contribution < 1.29 is 89.7 Å². The summed E-state index contributed by atoms with van der Waals surface area (Å²) < 4.78 is 63.4. The predicted octanol–water partition coefficient (Wildman–Crippen LogP) is -2.59. The first kappa shape index (κ1) is 29.5. The van der Waals surface area contributed by atoms with Crippen LogP contribution in [0.15, 0.2) is 88.7 Å². The van der Waals surface area contributed by atoms with Crippen molar-refractivity contribution in [2.45, 2.75) is 9.79 Å². The third kappa shape index (κ3) is 7.26. The Morgan fingerprint density at radius 1 is 0.567 bits per heavy atom. The summed E-state index contributed by atoms with van der Waals surface area (Å²) in [6.45, 7) is 0. The van der Waals surface area contributed by atoms with E-state index >= 15 is 0 Å². The van der Waals surface area contributed by atoms with E-state index in [1.165, 1.54) is 24.3 Å². The fourth-order valence-electron chi connectivity index (χ4n) is 2.56. The predicted molar refractivity (Wildman–Crippen MR) is 113 cm³/mol. The van der Waals surface area contributed by atoms with Crippen molar-refractivity contribution in [3.05, 3.63) is 78.9 Å². The molecular weight excluding hydrogens is 478 g/mol. The average molecular weight is 499 g/mol. The maximum absolute atomic E-state index is 11.3. The van der Waals surface area contributed by atoms with Gasteiger partial charge in [-0.1, -0.05) is 54.6 Å². The molecule has 0 spiro atoms. The van der Waals surface area contributed by atoms with Crippen LogP contribution in [0.1, 0.15) is 1.43 Å². The number of rotatable bonds is 5. The second-order valence-corrected chi connectivity index (χ2v) is 10.7. The second-order valence-electron chi connectivity index (χ2n) is 5.61. The van der Waals surface area contributed by atoms with Gasteiger partial charge in [0.15, 0.2) is 0 Å². The van der Waals surface area contributed by atoms with E-state index in [-0.39, 0.29) is 73.6 Å². The molecule has 0 bridgehead atoms. The third-order valence-corrected chi connectivity index (χ3v) is 7.98. The zero-order valence-corrected chi connectivity index (χ0v) is 21.4. The molecule has 0 unspecified atom stereocenters. The molecule has 12 heteroatoms. The topological polar surface area (TPSA) is 172 Å². The van der Waals surface area contributed by atoms with Gasteiger partial charge in [0, 0.05) is 0 Å². The van der Waals surface area contributed by atoms with E-state index in [4.69, 9.17) is 9.11 Å². The van der Waals surface area contributed by atoms with Crippen LogP contribution in [0.2, 0.25) is 0 Å². The molecule has 0 radical (unpaired) electrons. The van der Waals surface area contributed by atoms with Crippen LogP contribution in [-0.4, -0.2) is 36.9 Å². The Morgan fingerprint density at radius 3 is 1.17 bits per heavy atom. The Kier molecular flexibility index (Phi) is 11.7. The molecule has 0 aliphatic rings. The van der Waals surface area contributed by atoms with Gasteiger partial charge in [-0.2, -0.15) is 16.8 Å². The number of benzene rings is 3. The molecule has 0 saturated carbocycles. The summed E-state index contributed by atoms with van der Waals surface area (Å²) in [5, 5.41) is 2.62. The van der Waals surface area contributed by atoms with Crippen LogP contribution >= 0.6 is 7.92 Å². The van der Waals surface area contributed by atoms with Crippen molar-refractivity contribution in [3.63, 3.8) is 0 Å². The molecule has 0 heterocycles. The quantitative estimate of drug-likeness (QED) is 0.222. The van der Waals surface area contributed by atoms with Crippen LogP contribution in [0.4, 0.5) is 0 Å². The van der Waals surface area contributed by atoms with Crippen molar-refractivity contribution in [2.75, 3.05) is 0 Å². The van der Waals surface area contributed by atoms with Crippen LogP contribution in [0.25, 0.3) is 0 Å². The zero-order valence-electron chi connectivity index (χ0n) is 16.8. The summed E-state index contributed by atoms with van der Waals surface area (Å²) in [7, 11) is -9.66. The van der Waals surface area contributed by atoms with E-state index in [1.54, 1.807) is 24.3 Å². The van der Waals surface area contributed by atoms with Crippen molar-refractivity contribution >= 4 is 44.1 Å². The summed E-state index contributed by atoms with van der Waals surface area (Å²) in [5.74, 6) is 0. The van der Waals surface area contributed by atoms with Gasteiger partial charge in [-0.15, -0.1) is 0 Å². The minimum atomic E-state index is -4.28. The first-order valence-electron chi connectivity index (χ1n) is 7.66. The van der Waals surface area contributed by atoms with Crippen LogP contribution in [0.3, 0.4) is 0 Å². The monoisotopic (exact) mass is 498 g/mol. The molecule has 3 aromatic carbocycles. The second kappa shape index (κ2) is 11.9. The largest absolute Gasteiger partial charge is 1.00 e. The van der Waals surface area contributed by atoms with Crippen LogP contribution < -0.4 is 67.3 Å². The summed E-state index contributed by atoms with van der Waals surface area (Å²) >= 11 is 0. The van der Waals surface area contributed by atoms with Gasteiger partial charge in [-0.3, -0.25) is 9.11 Å². The summed E-state index contributed by atoms with van der Waals surface area (Å²) in [4.78, 5) is -0.396. The Bertz CT molecular complexity index is 1080.